The summed E-state index contributed by atoms with van der Waals surface area (Å²) in [6.07, 6.45) is 0.793. The van der Waals surface area contributed by atoms with Crippen molar-refractivity contribution in [2.45, 2.75) is 12.8 Å². The van der Waals surface area contributed by atoms with Crippen LogP contribution in [0.15, 0.2) is 42.5 Å². The summed E-state index contributed by atoms with van der Waals surface area (Å²) in [5.74, 6) is -0.607. The number of nitrogens with one attached hydrogen (secondary N) is 1. The van der Waals surface area contributed by atoms with E-state index in [0.717, 1.165) is 5.56 Å². The zero-order valence-electron chi connectivity index (χ0n) is 14.0. The molecule has 0 radical (unpaired) electrons. The first-order chi connectivity index (χ1) is 11.6. The highest BCUT2D eigenvalue weighted by Crippen LogP contribution is 2.21. The number of halogens is 2. The van der Waals surface area contributed by atoms with Crippen LogP contribution in [0.25, 0.3) is 0 Å². The molecule has 2 aromatic rings. The average Bonchev–Trinajstić information content (AvgIpc) is 2.56. The van der Waals surface area contributed by atoms with Gasteiger partial charge in [-0.2, -0.15) is 0 Å². The summed E-state index contributed by atoms with van der Waals surface area (Å²) in [5, 5.41) is 2.67. The summed E-state index contributed by atoms with van der Waals surface area (Å²) in [6.45, 7) is 0.637. The number of carbonyl (C=O) groups is 1. The van der Waals surface area contributed by atoms with Gasteiger partial charge >= 0.3 is 0 Å². The van der Waals surface area contributed by atoms with Crippen molar-refractivity contribution < 1.29 is 18.7 Å². The van der Waals surface area contributed by atoms with E-state index in [1.807, 2.05) is 18.2 Å². The Morgan fingerprint density at radius 2 is 1.96 bits per heavy atom. The van der Waals surface area contributed by atoms with Crippen molar-refractivity contribution in [3.8, 4) is 5.75 Å². The van der Waals surface area contributed by atoms with Gasteiger partial charge in [0.1, 0.15) is 6.61 Å². The number of amides is 1. The molecule has 0 aliphatic carbocycles. The molecule has 0 saturated carbocycles. The van der Waals surface area contributed by atoms with Gasteiger partial charge in [-0.3, -0.25) is 4.79 Å². The number of nitrogens with two attached hydrogens (primary N) is 1. The first kappa shape index (κ1) is 20.7. The molecule has 0 atom stereocenters. The number of methoxy groups -OCH3 is 1. The second-order valence-corrected chi connectivity index (χ2v) is 5.23. The second-order valence-electron chi connectivity index (χ2n) is 5.23. The Balaban J connectivity index is 0.00000312. The van der Waals surface area contributed by atoms with Crippen LogP contribution in [0.2, 0.25) is 0 Å². The number of hydrogen-bond donors (Lipinski definition) is 2. The Morgan fingerprint density at radius 3 is 2.64 bits per heavy atom. The lowest BCUT2D eigenvalue weighted by molar-refractivity contribution is -0.116. The molecule has 0 spiro atoms. The monoisotopic (exact) mass is 368 g/mol. The number of aryl methyl sites for hydroxylation is 1. The van der Waals surface area contributed by atoms with Crippen LogP contribution in [0.5, 0.6) is 5.75 Å². The molecule has 0 fully saturated rings. The third-order valence-corrected chi connectivity index (χ3v) is 3.44. The lowest BCUT2D eigenvalue weighted by atomic mass is 10.1. The first-order valence-corrected chi connectivity index (χ1v) is 7.64. The molecule has 0 saturated heterocycles. The fourth-order valence-electron chi connectivity index (χ4n) is 2.16. The van der Waals surface area contributed by atoms with Crippen molar-refractivity contribution in [3.05, 3.63) is 53.8 Å². The third kappa shape index (κ3) is 6.60. The number of hydrogen-bond acceptors (Lipinski definition) is 4. The van der Waals surface area contributed by atoms with Gasteiger partial charge in [-0.05, 0) is 30.2 Å². The van der Waals surface area contributed by atoms with Crippen LogP contribution in [0.3, 0.4) is 0 Å². The van der Waals surface area contributed by atoms with Gasteiger partial charge in [-0.15, -0.1) is 12.4 Å². The van der Waals surface area contributed by atoms with E-state index in [2.05, 4.69) is 5.32 Å². The van der Waals surface area contributed by atoms with Crippen LogP contribution in [0.1, 0.15) is 12.0 Å². The molecule has 0 aliphatic rings. The van der Waals surface area contributed by atoms with Gasteiger partial charge in [-0.25, -0.2) is 4.39 Å². The minimum absolute atomic E-state index is 0. The molecule has 7 heteroatoms. The highest BCUT2D eigenvalue weighted by Gasteiger charge is 2.08. The Hall–Kier alpha value is -2.31. The number of carbonyl (C=O) groups excluding carboxylic acids is 1. The Morgan fingerprint density at radius 1 is 1.20 bits per heavy atom. The maximum atomic E-state index is 13.9. The molecule has 0 bridgehead atoms. The molecule has 2 aromatic carbocycles. The molecule has 0 heterocycles. The molecule has 25 heavy (non-hydrogen) atoms. The quantitative estimate of drug-likeness (QED) is 0.553. The van der Waals surface area contributed by atoms with Gasteiger partial charge in [0.05, 0.1) is 6.61 Å². The highest BCUT2D eigenvalue weighted by atomic mass is 35.5. The van der Waals surface area contributed by atoms with Crippen LogP contribution < -0.4 is 15.8 Å². The van der Waals surface area contributed by atoms with Gasteiger partial charge in [0.25, 0.3) is 0 Å². The molecule has 0 aliphatic heterocycles. The van der Waals surface area contributed by atoms with Crippen molar-refractivity contribution in [2.75, 3.05) is 31.4 Å². The summed E-state index contributed by atoms with van der Waals surface area (Å²) in [4.78, 5) is 12.0. The third-order valence-electron chi connectivity index (χ3n) is 3.44. The minimum atomic E-state index is -0.531. The topological polar surface area (TPSA) is 73.6 Å². The number of ether oxygens (including phenoxy) is 2. The van der Waals surface area contributed by atoms with E-state index in [9.17, 15) is 9.18 Å². The summed E-state index contributed by atoms with van der Waals surface area (Å²) in [6, 6.07) is 11.7. The van der Waals surface area contributed by atoms with E-state index < -0.39 is 5.82 Å². The number of nitrogen functional groups attached to an aromatic ring is 1. The van der Waals surface area contributed by atoms with E-state index in [4.69, 9.17) is 15.2 Å². The normalized spacial score (nSPS) is 10.0. The Kier molecular flexibility index (Phi) is 8.74. The van der Waals surface area contributed by atoms with Gasteiger partial charge < -0.3 is 20.5 Å². The second kappa shape index (κ2) is 10.5. The van der Waals surface area contributed by atoms with Crippen molar-refractivity contribution in [1.29, 1.82) is 0 Å². The zero-order valence-corrected chi connectivity index (χ0v) is 14.8. The van der Waals surface area contributed by atoms with Crippen LogP contribution >= 0.6 is 12.4 Å². The van der Waals surface area contributed by atoms with Gasteiger partial charge in [0.2, 0.25) is 5.91 Å². The number of para-hydroxylation sites is 1. The smallest absolute Gasteiger partial charge is 0.224 e. The molecular weight excluding hydrogens is 347 g/mol. The summed E-state index contributed by atoms with van der Waals surface area (Å²) < 4.78 is 24.0. The van der Waals surface area contributed by atoms with Crippen molar-refractivity contribution in [2.24, 2.45) is 0 Å². The van der Waals surface area contributed by atoms with Crippen molar-refractivity contribution in [3.63, 3.8) is 0 Å². The molecule has 3 N–H and O–H groups in total. The number of benzene rings is 2. The molecular formula is C18H22ClFN2O3. The van der Waals surface area contributed by atoms with E-state index in [1.54, 1.807) is 19.2 Å². The van der Waals surface area contributed by atoms with Gasteiger partial charge in [-0.1, -0.05) is 18.2 Å². The van der Waals surface area contributed by atoms with Crippen LogP contribution in [-0.2, 0) is 16.0 Å². The summed E-state index contributed by atoms with van der Waals surface area (Å²) >= 11 is 0. The maximum absolute atomic E-state index is 13.9. The van der Waals surface area contributed by atoms with Crippen LogP contribution in [0, 0.1) is 5.82 Å². The summed E-state index contributed by atoms with van der Waals surface area (Å²) in [5.41, 5.74) is 7.81. The predicted molar refractivity (Wildman–Crippen MR) is 98.8 cm³/mol. The van der Waals surface area contributed by atoms with Crippen LogP contribution in [-0.4, -0.2) is 26.2 Å². The largest absolute Gasteiger partial charge is 0.488 e. The fraction of sp³-hybridized carbons (Fsp3) is 0.278. The molecule has 0 unspecified atom stereocenters. The van der Waals surface area contributed by atoms with Crippen LogP contribution in [0.4, 0.5) is 15.8 Å². The number of anilines is 2. The maximum Gasteiger partial charge on any atom is 0.224 e. The van der Waals surface area contributed by atoms with Crippen molar-refractivity contribution in [1.82, 2.24) is 0 Å². The molecule has 2 rings (SSSR count). The molecule has 5 nitrogen and oxygen atoms in total. The lowest BCUT2D eigenvalue weighted by Crippen LogP contribution is -2.13. The SMILES string of the molecule is COCCOc1ccc(NC(=O)CCc2ccccc2N)cc1F.Cl. The first-order valence-electron chi connectivity index (χ1n) is 7.64. The summed E-state index contributed by atoms with van der Waals surface area (Å²) in [7, 11) is 1.54. The highest BCUT2D eigenvalue weighted by molar-refractivity contribution is 5.91. The van der Waals surface area contributed by atoms with Gasteiger partial charge in [0, 0.05) is 31.0 Å². The van der Waals surface area contributed by atoms with E-state index >= 15 is 0 Å². The predicted octanol–water partition coefficient (Wildman–Crippen LogP) is 3.43. The standard InChI is InChI=1S/C18H21FN2O3.ClH/c1-23-10-11-24-17-8-7-14(12-15(17)19)21-18(22)9-6-13-4-2-3-5-16(13)20;/h2-5,7-8,12H,6,9-11,20H2,1H3,(H,21,22);1H. The van der Waals surface area contributed by atoms with E-state index in [0.29, 0.717) is 24.4 Å². The van der Waals surface area contributed by atoms with Gasteiger partial charge in [0.15, 0.2) is 11.6 Å². The number of rotatable bonds is 8. The minimum Gasteiger partial charge on any atom is -0.488 e. The fourth-order valence-corrected chi connectivity index (χ4v) is 2.16. The Labute approximate surface area is 152 Å². The van der Waals surface area contributed by atoms with E-state index in [1.165, 1.54) is 12.1 Å². The van der Waals surface area contributed by atoms with Crippen molar-refractivity contribution >= 4 is 29.7 Å². The zero-order chi connectivity index (χ0) is 17.4. The molecule has 136 valence electrons. The molecule has 0 aromatic heterocycles. The lowest BCUT2D eigenvalue weighted by Gasteiger charge is -2.10. The Bertz CT molecular complexity index is 698. The average molecular weight is 369 g/mol. The van der Waals surface area contributed by atoms with E-state index in [-0.39, 0.29) is 37.1 Å². The molecule has 1 amide bonds.